The van der Waals surface area contributed by atoms with Crippen LogP contribution in [0.4, 0.5) is 0 Å². The summed E-state index contributed by atoms with van der Waals surface area (Å²) in [5.41, 5.74) is 2.93. The Hall–Kier alpha value is -3.06. The fourth-order valence-electron chi connectivity index (χ4n) is 3.90. The number of carbonyl (C=O) groups excluding carboxylic acids is 1. The Morgan fingerprint density at radius 2 is 1.81 bits per heavy atom. The van der Waals surface area contributed by atoms with E-state index in [2.05, 4.69) is 29.3 Å². The second-order valence-electron chi connectivity index (χ2n) is 7.86. The van der Waals surface area contributed by atoms with Crippen molar-refractivity contribution >= 4 is 28.6 Å². The van der Waals surface area contributed by atoms with Gasteiger partial charge in [-0.3, -0.25) is 9.36 Å². The lowest BCUT2D eigenvalue weighted by atomic mass is 10.1. The number of nitrogens with zero attached hydrogens (tertiary/aromatic N) is 4. The van der Waals surface area contributed by atoms with Crippen molar-refractivity contribution in [2.75, 3.05) is 18.8 Å². The molecule has 0 saturated carbocycles. The molecule has 1 amide bonds. The van der Waals surface area contributed by atoms with Crippen LogP contribution in [-0.4, -0.2) is 44.4 Å². The van der Waals surface area contributed by atoms with Crippen molar-refractivity contribution in [3.8, 4) is 17.3 Å². The van der Waals surface area contributed by atoms with Gasteiger partial charge in [0.2, 0.25) is 11.7 Å². The first-order valence-electron chi connectivity index (χ1n) is 10.6. The zero-order valence-corrected chi connectivity index (χ0v) is 18.3. The number of benzene rings is 2. The second-order valence-corrected chi connectivity index (χ2v) is 8.80. The van der Waals surface area contributed by atoms with Gasteiger partial charge in [0.25, 0.3) is 0 Å². The van der Waals surface area contributed by atoms with Crippen molar-refractivity contribution in [2.45, 2.75) is 31.3 Å². The number of aryl methyl sites for hydroxylation is 1. The molecule has 1 fully saturated rings. The van der Waals surface area contributed by atoms with Crippen molar-refractivity contribution in [2.24, 2.45) is 0 Å². The lowest BCUT2D eigenvalue weighted by molar-refractivity contribution is -0.129. The molecule has 3 heterocycles. The number of piperidine rings is 1. The highest BCUT2D eigenvalue weighted by Crippen LogP contribution is 2.32. The van der Waals surface area contributed by atoms with E-state index < -0.39 is 0 Å². The van der Waals surface area contributed by atoms with E-state index in [0.717, 1.165) is 42.6 Å². The van der Waals surface area contributed by atoms with Gasteiger partial charge in [-0.05, 0) is 50.5 Å². The predicted octanol–water partition coefficient (Wildman–Crippen LogP) is 5.09. The molecule has 1 saturated heterocycles. The molecule has 1 aliphatic rings. The van der Waals surface area contributed by atoms with E-state index in [-0.39, 0.29) is 5.91 Å². The van der Waals surface area contributed by atoms with Gasteiger partial charge in [0, 0.05) is 24.2 Å². The summed E-state index contributed by atoms with van der Waals surface area (Å²) in [5, 5.41) is 10.6. The molecule has 158 valence electrons. The minimum atomic E-state index is 0.161. The van der Waals surface area contributed by atoms with Crippen LogP contribution < -0.4 is 0 Å². The van der Waals surface area contributed by atoms with E-state index in [1.807, 2.05) is 51.9 Å². The van der Waals surface area contributed by atoms with E-state index >= 15 is 0 Å². The number of para-hydroxylation sites is 1. The Labute approximate surface area is 185 Å². The van der Waals surface area contributed by atoms with Gasteiger partial charge in [-0.2, -0.15) is 0 Å². The van der Waals surface area contributed by atoms with Crippen LogP contribution in [0.15, 0.2) is 64.2 Å². The molecule has 2 aromatic heterocycles. The highest BCUT2D eigenvalue weighted by atomic mass is 32.2. The van der Waals surface area contributed by atoms with Gasteiger partial charge >= 0.3 is 0 Å². The Bertz CT molecular complexity index is 1170. The molecule has 5 rings (SSSR count). The summed E-state index contributed by atoms with van der Waals surface area (Å²) in [6, 6.07) is 18.1. The summed E-state index contributed by atoms with van der Waals surface area (Å²) >= 11 is 1.43. The van der Waals surface area contributed by atoms with Crippen molar-refractivity contribution in [1.82, 2.24) is 19.7 Å². The van der Waals surface area contributed by atoms with Crippen LogP contribution >= 0.6 is 11.8 Å². The fraction of sp³-hybridized carbons (Fsp3) is 0.292. The molecule has 2 aromatic carbocycles. The van der Waals surface area contributed by atoms with Crippen LogP contribution in [0.3, 0.4) is 0 Å². The molecule has 7 heteroatoms. The van der Waals surface area contributed by atoms with Gasteiger partial charge in [0.15, 0.2) is 10.9 Å². The number of rotatable bonds is 5. The standard InChI is InChI=1S/C24H24N4O2S/c1-17-9-11-19(12-10-17)28-23(21-15-18-7-3-4-8-20(18)30-21)25-26-24(28)31-16-22(29)27-13-5-2-6-14-27/h3-4,7-12,15H,2,5-6,13-14,16H2,1H3. The molecule has 0 aliphatic carbocycles. The van der Waals surface area contributed by atoms with E-state index in [9.17, 15) is 4.79 Å². The predicted molar refractivity (Wildman–Crippen MR) is 122 cm³/mol. The first-order valence-corrected chi connectivity index (χ1v) is 11.6. The zero-order valence-electron chi connectivity index (χ0n) is 17.5. The summed E-state index contributed by atoms with van der Waals surface area (Å²) in [5.74, 6) is 1.80. The smallest absolute Gasteiger partial charge is 0.233 e. The van der Waals surface area contributed by atoms with Gasteiger partial charge in [0.1, 0.15) is 5.58 Å². The van der Waals surface area contributed by atoms with Gasteiger partial charge < -0.3 is 9.32 Å². The van der Waals surface area contributed by atoms with E-state index in [4.69, 9.17) is 4.42 Å². The third-order valence-corrected chi connectivity index (χ3v) is 6.52. The number of hydrogen-bond donors (Lipinski definition) is 0. The second kappa shape index (κ2) is 8.59. The van der Waals surface area contributed by atoms with Crippen LogP contribution in [0.25, 0.3) is 28.2 Å². The van der Waals surface area contributed by atoms with Crippen molar-refractivity contribution in [3.05, 3.63) is 60.2 Å². The van der Waals surface area contributed by atoms with Crippen LogP contribution in [0.5, 0.6) is 0 Å². The van der Waals surface area contributed by atoms with Crippen LogP contribution in [-0.2, 0) is 4.79 Å². The summed E-state index contributed by atoms with van der Waals surface area (Å²) < 4.78 is 8.04. The number of amides is 1. The number of aromatic nitrogens is 3. The van der Waals surface area contributed by atoms with Crippen molar-refractivity contribution < 1.29 is 9.21 Å². The molecule has 0 atom stereocenters. The summed E-state index contributed by atoms with van der Waals surface area (Å²) in [6.07, 6.45) is 3.39. The van der Waals surface area contributed by atoms with Crippen LogP contribution in [0.2, 0.25) is 0 Å². The zero-order chi connectivity index (χ0) is 21.2. The maximum Gasteiger partial charge on any atom is 0.233 e. The molecule has 0 bridgehead atoms. The van der Waals surface area contributed by atoms with Gasteiger partial charge in [-0.1, -0.05) is 47.7 Å². The van der Waals surface area contributed by atoms with E-state index in [0.29, 0.717) is 22.5 Å². The Kier molecular flexibility index (Phi) is 5.51. The number of fused-ring (bicyclic) bond motifs is 1. The first-order chi connectivity index (χ1) is 15.2. The molecule has 0 radical (unpaired) electrons. The maximum atomic E-state index is 12.7. The third-order valence-electron chi connectivity index (χ3n) is 5.60. The van der Waals surface area contributed by atoms with Crippen molar-refractivity contribution in [1.29, 1.82) is 0 Å². The first kappa shape index (κ1) is 19.9. The molecule has 4 aromatic rings. The Morgan fingerprint density at radius 1 is 1.03 bits per heavy atom. The summed E-state index contributed by atoms with van der Waals surface area (Å²) in [7, 11) is 0. The molecular weight excluding hydrogens is 408 g/mol. The number of hydrogen-bond acceptors (Lipinski definition) is 5. The molecular formula is C24H24N4O2S. The Morgan fingerprint density at radius 3 is 2.58 bits per heavy atom. The van der Waals surface area contributed by atoms with E-state index in [1.165, 1.54) is 23.7 Å². The third kappa shape index (κ3) is 4.10. The average molecular weight is 433 g/mol. The SMILES string of the molecule is Cc1ccc(-n2c(SCC(=O)N3CCCCC3)nnc2-c2cc3ccccc3o2)cc1. The summed E-state index contributed by atoms with van der Waals surface area (Å²) in [6.45, 7) is 3.77. The fourth-order valence-corrected chi connectivity index (χ4v) is 4.76. The molecule has 6 nitrogen and oxygen atoms in total. The van der Waals surface area contributed by atoms with Gasteiger partial charge in [-0.25, -0.2) is 0 Å². The van der Waals surface area contributed by atoms with Crippen LogP contribution in [0.1, 0.15) is 24.8 Å². The number of thioether (sulfide) groups is 1. The van der Waals surface area contributed by atoms with Crippen molar-refractivity contribution in [3.63, 3.8) is 0 Å². The van der Waals surface area contributed by atoms with Gasteiger partial charge in [-0.15, -0.1) is 10.2 Å². The molecule has 31 heavy (non-hydrogen) atoms. The van der Waals surface area contributed by atoms with Gasteiger partial charge in [0.05, 0.1) is 5.75 Å². The van der Waals surface area contributed by atoms with E-state index in [1.54, 1.807) is 0 Å². The van der Waals surface area contributed by atoms with Crippen LogP contribution in [0, 0.1) is 6.92 Å². The number of furan rings is 1. The summed E-state index contributed by atoms with van der Waals surface area (Å²) in [4.78, 5) is 14.6. The lowest BCUT2D eigenvalue weighted by Crippen LogP contribution is -2.36. The highest BCUT2D eigenvalue weighted by Gasteiger charge is 2.22. The minimum Gasteiger partial charge on any atom is -0.453 e. The lowest BCUT2D eigenvalue weighted by Gasteiger charge is -2.26. The average Bonchev–Trinajstić information content (AvgIpc) is 3.42. The Balaban J connectivity index is 1.49. The molecule has 0 unspecified atom stereocenters. The topological polar surface area (TPSA) is 64.2 Å². The number of likely N-dealkylation sites (tertiary alicyclic amines) is 1. The highest BCUT2D eigenvalue weighted by molar-refractivity contribution is 7.99. The normalized spacial score (nSPS) is 14.3. The quantitative estimate of drug-likeness (QED) is 0.411. The number of carbonyl (C=O) groups is 1. The monoisotopic (exact) mass is 432 g/mol. The minimum absolute atomic E-state index is 0.161. The molecule has 1 aliphatic heterocycles. The maximum absolute atomic E-state index is 12.7. The molecule has 0 N–H and O–H groups in total. The largest absolute Gasteiger partial charge is 0.453 e. The molecule has 0 spiro atoms.